The van der Waals surface area contributed by atoms with Crippen LogP contribution < -0.4 is 0 Å². The number of aryl methyl sites for hydroxylation is 1. The molecule has 0 saturated carbocycles. The number of piperidine rings is 1. The van der Waals surface area contributed by atoms with Gasteiger partial charge in [-0.3, -0.25) is 4.79 Å². The maximum absolute atomic E-state index is 12.1. The zero-order valence-corrected chi connectivity index (χ0v) is 11.3. The van der Waals surface area contributed by atoms with Crippen molar-refractivity contribution in [2.24, 2.45) is 0 Å². The second-order valence-electron chi connectivity index (χ2n) is 5.24. The number of Topliss-reactive ketones (excluding diaryl/α,β-unsaturated/α-hetero) is 1. The largest absolute Gasteiger partial charge is 0.303 e. The van der Waals surface area contributed by atoms with Crippen LogP contribution in [0.3, 0.4) is 0 Å². The fraction of sp³-hybridized carbons (Fsp3) is 0.562. The second kappa shape index (κ2) is 6.69. The van der Waals surface area contributed by atoms with Crippen LogP contribution in [0.2, 0.25) is 0 Å². The van der Waals surface area contributed by atoms with Crippen LogP contribution in [0.25, 0.3) is 0 Å². The molecule has 18 heavy (non-hydrogen) atoms. The highest BCUT2D eigenvalue weighted by Gasteiger charge is 2.12. The van der Waals surface area contributed by atoms with E-state index in [1.54, 1.807) is 0 Å². The Morgan fingerprint density at radius 3 is 2.61 bits per heavy atom. The molecule has 0 unspecified atom stereocenters. The molecule has 1 aromatic carbocycles. The third-order valence-corrected chi connectivity index (χ3v) is 3.77. The highest BCUT2D eigenvalue weighted by Crippen LogP contribution is 2.13. The fourth-order valence-electron chi connectivity index (χ4n) is 2.67. The molecule has 0 aliphatic carbocycles. The first-order chi connectivity index (χ1) is 8.77. The van der Waals surface area contributed by atoms with Gasteiger partial charge in [-0.05, 0) is 51.4 Å². The molecule has 0 N–H and O–H groups in total. The quantitative estimate of drug-likeness (QED) is 0.741. The standard InChI is InChI=1S/C16H23NO/c1-14-8-3-4-9-15(14)16(18)10-7-13-17-11-5-2-6-12-17/h3-4,8-9H,2,5-7,10-13H2,1H3. The predicted molar refractivity (Wildman–Crippen MR) is 75.0 cm³/mol. The van der Waals surface area contributed by atoms with E-state index in [4.69, 9.17) is 0 Å². The third kappa shape index (κ3) is 3.67. The molecule has 2 rings (SSSR count). The van der Waals surface area contributed by atoms with Gasteiger partial charge < -0.3 is 4.90 Å². The van der Waals surface area contributed by atoms with Gasteiger partial charge in [-0.25, -0.2) is 0 Å². The summed E-state index contributed by atoms with van der Waals surface area (Å²) < 4.78 is 0. The second-order valence-corrected chi connectivity index (χ2v) is 5.24. The topological polar surface area (TPSA) is 20.3 Å². The predicted octanol–water partition coefficient (Wildman–Crippen LogP) is 3.44. The molecule has 0 radical (unpaired) electrons. The van der Waals surface area contributed by atoms with E-state index < -0.39 is 0 Å². The Hall–Kier alpha value is -1.15. The maximum Gasteiger partial charge on any atom is 0.163 e. The number of nitrogens with zero attached hydrogens (tertiary/aromatic N) is 1. The number of carbonyl (C=O) groups excluding carboxylic acids is 1. The van der Waals surface area contributed by atoms with Crippen LogP contribution in [0.4, 0.5) is 0 Å². The highest BCUT2D eigenvalue weighted by atomic mass is 16.1. The number of rotatable bonds is 5. The number of hydrogen-bond donors (Lipinski definition) is 0. The SMILES string of the molecule is Cc1ccccc1C(=O)CCCN1CCCCC1. The number of likely N-dealkylation sites (tertiary alicyclic amines) is 1. The Bertz CT molecular complexity index is 394. The van der Waals surface area contributed by atoms with E-state index in [2.05, 4.69) is 4.90 Å². The van der Waals surface area contributed by atoms with Crippen LogP contribution in [0.5, 0.6) is 0 Å². The molecule has 98 valence electrons. The van der Waals surface area contributed by atoms with E-state index in [1.807, 2.05) is 31.2 Å². The molecule has 2 nitrogen and oxygen atoms in total. The lowest BCUT2D eigenvalue weighted by atomic mass is 10.0. The lowest BCUT2D eigenvalue weighted by molar-refractivity contribution is 0.0972. The van der Waals surface area contributed by atoms with E-state index >= 15 is 0 Å². The van der Waals surface area contributed by atoms with Crippen molar-refractivity contribution in [2.45, 2.75) is 39.0 Å². The van der Waals surface area contributed by atoms with Gasteiger partial charge in [-0.2, -0.15) is 0 Å². The van der Waals surface area contributed by atoms with Gasteiger partial charge in [0.05, 0.1) is 0 Å². The van der Waals surface area contributed by atoms with Crippen LogP contribution in [0.1, 0.15) is 48.0 Å². The van der Waals surface area contributed by atoms with E-state index in [-0.39, 0.29) is 0 Å². The molecule has 0 bridgehead atoms. The van der Waals surface area contributed by atoms with Crippen molar-refractivity contribution in [1.29, 1.82) is 0 Å². The van der Waals surface area contributed by atoms with Gasteiger partial charge in [0.2, 0.25) is 0 Å². The Kier molecular flexibility index (Phi) is 4.94. The Balaban J connectivity index is 1.76. The van der Waals surface area contributed by atoms with Crippen molar-refractivity contribution < 1.29 is 4.79 Å². The van der Waals surface area contributed by atoms with E-state index in [0.29, 0.717) is 12.2 Å². The minimum atomic E-state index is 0.296. The fourth-order valence-corrected chi connectivity index (χ4v) is 2.67. The summed E-state index contributed by atoms with van der Waals surface area (Å²) in [6.07, 6.45) is 5.70. The summed E-state index contributed by atoms with van der Waals surface area (Å²) in [6.45, 7) is 5.53. The van der Waals surface area contributed by atoms with Gasteiger partial charge in [-0.1, -0.05) is 30.7 Å². The number of carbonyl (C=O) groups is 1. The van der Waals surface area contributed by atoms with Crippen molar-refractivity contribution in [3.05, 3.63) is 35.4 Å². The van der Waals surface area contributed by atoms with Gasteiger partial charge in [-0.15, -0.1) is 0 Å². The molecule has 1 heterocycles. The molecule has 0 amide bonds. The van der Waals surface area contributed by atoms with E-state index in [1.165, 1.54) is 32.4 Å². The van der Waals surface area contributed by atoms with E-state index in [9.17, 15) is 4.79 Å². The monoisotopic (exact) mass is 245 g/mol. The number of hydrogen-bond acceptors (Lipinski definition) is 2. The van der Waals surface area contributed by atoms with Gasteiger partial charge in [0.25, 0.3) is 0 Å². The van der Waals surface area contributed by atoms with Gasteiger partial charge in [0.15, 0.2) is 5.78 Å². The van der Waals surface area contributed by atoms with Crippen molar-refractivity contribution in [3.8, 4) is 0 Å². The Labute approximate surface area is 110 Å². The van der Waals surface area contributed by atoms with E-state index in [0.717, 1.165) is 24.1 Å². The van der Waals surface area contributed by atoms with Gasteiger partial charge >= 0.3 is 0 Å². The van der Waals surface area contributed by atoms with Crippen LogP contribution in [-0.4, -0.2) is 30.3 Å². The molecule has 0 spiro atoms. The van der Waals surface area contributed by atoms with Crippen molar-refractivity contribution in [3.63, 3.8) is 0 Å². The molecular formula is C16H23NO. The molecule has 1 aliphatic rings. The summed E-state index contributed by atoms with van der Waals surface area (Å²) in [5.74, 6) is 0.296. The summed E-state index contributed by atoms with van der Waals surface area (Å²) in [5.41, 5.74) is 2.00. The first kappa shape index (κ1) is 13.3. The molecule has 1 fully saturated rings. The number of benzene rings is 1. The summed E-state index contributed by atoms with van der Waals surface area (Å²) >= 11 is 0. The minimum absolute atomic E-state index is 0.296. The lowest BCUT2D eigenvalue weighted by Gasteiger charge is -2.26. The van der Waals surface area contributed by atoms with Gasteiger partial charge in [0, 0.05) is 12.0 Å². The first-order valence-electron chi connectivity index (χ1n) is 7.08. The molecule has 1 saturated heterocycles. The smallest absolute Gasteiger partial charge is 0.163 e. The first-order valence-corrected chi connectivity index (χ1v) is 7.08. The highest BCUT2D eigenvalue weighted by molar-refractivity contribution is 5.97. The summed E-state index contributed by atoms with van der Waals surface area (Å²) in [4.78, 5) is 14.6. The van der Waals surface area contributed by atoms with Crippen molar-refractivity contribution in [1.82, 2.24) is 4.90 Å². The summed E-state index contributed by atoms with van der Waals surface area (Å²) in [6, 6.07) is 7.89. The average molecular weight is 245 g/mol. The third-order valence-electron chi connectivity index (χ3n) is 3.77. The molecule has 2 heteroatoms. The molecule has 1 aliphatic heterocycles. The van der Waals surface area contributed by atoms with Crippen LogP contribution in [0.15, 0.2) is 24.3 Å². The zero-order valence-electron chi connectivity index (χ0n) is 11.3. The maximum atomic E-state index is 12.1. The Morgan fingerprint density at radius 2 is 1.89 bits per heavy atom. The molecule has 1 aromatic rings. The summed E-state index contributed by atoms with van der Waals surface area (Å²) in [7, 11) is 0. The number of ketones is 1. The Morgan fingerprint density at radius 1 is 1.17 bits per heavy atom. The molecular weight excluding hydrogens is 222 g/mol. The van der Waals surface area contributed by atoms with Crippen LogP contribution >= 0.6 is 0 Å². The normalized spacial score (nSPS) is 16.7. The average Bonchev–Trinajstić information content (AvgIpc) is 2.40. The summed E-state index contributed by atoms with van der Waals surface area (Å²) in [5, 5.41) is 0. The van der Waals surface area contributed by atoms with Crippen molar-refractivity contribution >= 4 is 5.78 Å². The molecule has 0 aromatic heterocycles. The van der Waals surface area contributed by atoms with Crippen molar-refractivity contribution in [2.75, 3.05) is 19.6 Å². The minimum Gasteiger partial charge on any atom is -0.303 e. The molecule has 0 atom stereocenters. The van der Waals surface area contributed by atoms with Crippen LogP contribution in [0, 0.1) is 6.92 Å². The van der Waals surface area contributed by atoms with Crippen LogP contribution in [-0.2, 0) is 0 Å². The lowest BCUT2D eigenvalue weighted by Crippen LogP contribution is -2.30. The van der Waals surface area contributed by atoms with Gasteiger partial charge in [0.1, 0.15) is 0 Å². The zero-order chi connectivity index (χ0) is 12.8.